The maximum absolute atomic E-state index is 13.3. The molecule has 118 valence electrons. The van der Waals surface area contributed by atoms with Crippen molar-refractivity contribution >= 4 is 23.2 Å². The van der Waals surface area contributed by atoms with Crippen LogP contribution in [0.4, 0.5) is 15.8 Å². The molecule has 0 saturated heterocycles. The van der Waals surface area contributed by atoms with Gasteiger partial charge in [-0.05, 0) is 54.8 Å². The van der Waals surface area contributed by atoms with E-state index in [4.69, 9.17) is 0 Å². The van der Waals surface area contributed by atoms with Crippen molar-refractivity contribution < 1.29 is 14.0 Å². The number of hydrogen-bond donors (Lipinski definition) is 2. The lowest BCUT2D eigenvalue weighted by molar-refractivity contribution is -0.123. The second-order valence-corrected chi connectivity index (χ2v) is 5.82. The Morgan fingerprint density at radius 2 is 1.96 bits per heavy atom. The first-order valence-electron chi connectivity index (χ1n) is 7.41. The van der Waals surface area contributed by atoms with Crippen molar-refractivity contribution in [3.05, 3.63) is 58.9 Å². The molecule has 0 aromatic heterocycles. The standard InChI is InChI=1S/C18H17FN2O2/c1-10-3-5-13(7-11(10)2)20-18(23)15-9-17(22)21-16-8-12(19)4-6-14(15)16/h3-8,15H,9H2,1-2H3,(H,20,23)(H,21,22)/t15-/m0/s1. The third kappa shape index (κ3) is 3.08. The second kappa shape index (κ2) is 5.83. The first-order valence-corrected chi connectivity index (χ1v) is 7.41. The van der Waals surface area contributed by atoms with E-state index in [1.165, 1.54) is 12.1 Å². The molecule has 23 heavy (non-hydrogen) atoms. The molecule has 2 aromatic carbocycles. The number of hydrogen-bond acceptors (Lipinski definition) is 2. The molecule has 1 atom stereocenters. The fourth-order valence-corrected chi connectivity index (χ4v) is 2.72. The number of anilines is 2. The molecular formula is C18H17FN2O2. The van der Waals surface area contributed by atoms with Gasteiger partial charge in [0.05, 0.1) is 5.92 Å². The van der Waals surface area contributed by atoms with E-state index in [0.717, 1.165) is 11.1 Å². The summed E-state index contributed by atoms with van der Waals surface area (Å²) in [6.45, 7) is 3.97. The molecule has 0 aliphatic carbocycles. The summed E-state index contributed by atoms with van der Waals surface area (Å²) in [5.74, 6) is -1.63. The van der Waals surface area contributed by atoms with Gasteiger partial charge in [0, 0.05) is 17.8 Å². The van der Waals surface area contributed by atoms with Crippen molar-refractivity contribution in [3.63, 3.8) is 0 Å². The van der Waals surface area contributed by atoms with Crippen LogP contribution in [0.1, 0.15) is 29.0 Å². The number of rotatable bonds is 2. The summed E-state index contributed by atoms with van der Waals surface area (Å²) in [6, 6.07) is 9.74. The van der Waals surface area contributed by atoms with Crippen LogP contribution in [-0.2, 0) is 9.59 Å². The molecule has 0 spiro atoms. The van der Waals surface area contributed by atoms with Gasteiger partial charge in [-0.15, -0.1) is 0 Å². The highest BCUT2D eigenvalue weighted by Gasteiger charge is 2.31. The number of carbonyl (C=O) groups is 2. The average molecular weight is 312 g/mol. The van der Waals surface area contributed by atoms with Crippen LogP contribution in [0.15, 0.2) is 36.4 Å². The zero-order valence-corrected chi connectivity index (χ0v) is 12.9. The highest BCUT2D eigenvalue weighted by Crippen LogP contribution is 2.33. The van der Waals surface area contributed by atoms with Crippen LogP contribution in [0.5, 0.6) is 0 Å². The van der Waals surface area contributed by atoms with Crippen molar-refractivity contribution in [3.8, 4) is 0 Å². The molecule has 2 amide bonds. The topological polar surface area (TPSA) is 58.2 Å². The average Bonchev–Trinajstić information content (AvgIpc) is 2.49. The lowest BCUT2D eigenvalue weighted by Gasteiger charge is -2.25. The second-order valence-electron chi connectivity index (χ2n) is 5.82. The smallest absolute Gasteiger partial charge is 0.232 e. The van der Waals surface area contributed by atoms with Crippen LogP contribution in [0.2, 0.25) is 0 Å². The lowest BCUT2D eigenvalue weighted by Crippen LogP contribution is -2.30. The molecule has 0 bridgehead atoms. The lowest BCUT2D eigenvalue weighted by atomic mass is 9.89. The molecule has 3 rings (SSSR count). The van der Waals surface area contributed by atoms with Gasteiger partial charge >= 0.3 is 0 Å². The summed E-state index contributed by atoms with van der Waals surface area (Å²) in [5, 5.41) is 5.45. The molecule has 1 aliphatic rings. The number of halogens is 1. The van der Waals surface area contributed by atoms with E-state index in [-0.39, 0.29) is 18.2 Å². The third-order valence-corrected chi connectivity index (χ3v) is 4.15. The van der Waals surface area contributed by atoms with Gasteiger partial charge in [-0.2, -0.15) is 0 Å². The van der Waals surface area contributed by atoms with Gasteiger partial charge in [0.25, 0.3) is 0 Å². The van der Waals surface area contributed by atoms with Gasteiger partial charge < -0.3 is 10.6 Å². The van der Waals surface area contributed by atoms with Crippen molar-refractivity contribution in [2.24, 2.45) is 0 Å². The van der Waals surface area contributed by atoms with Crippen LogP contribution in [0, 0.1) is 19.7 Å². The number of aryl methyl sites for hydroxylation is 2. The Kier molecular flexibility index (Phi) is 3.86. The molecule has 0 unspecified atom stereocenters. The van der Waals surface area contributed by atoms with E-state index >= 15 is 0 Å². The third-order valence-electron chi connectivity index (χ3n) is 4.15. The van der Waals surface area contributed by atoms with E-state index in [9.17, 15) is 14.0 Å². The number of amides is 2. The van der Waals surface area contributed by atoms with Crippen LogP contribution in [0.3, 0.4) is 0 Å². The number of benzene rings is 2. The number of carbonyl (C=O) groups excluding carboxylic acids is 2. The molecule has 2 N–H and O–H groups in total. The first-order chi connectivity index (χ1) is 10.9. The van der Waals surface area contributed by atoms with Crippen molar-refractivity contribution in [1.82, 2.24) is 0 Å². The van der Waals surface area contributed by atoms with Crippen molar-refractivity contribution in [2.75, 3.05) is 10.6 Å². The fraction of sp³-hybridized carbons (Fsp3) is 0.222. The molecule has 0 radical (unpaired) electrons. The molecule has 0 saturated carbocycles. The van der Waals surface area contributed by atoms with Gasteiger partial charge in [0.1, 0.15) is 5.82 Å². The Hall–Kier alpha value is -2.69. The van der Waals surface area contributed by atoms with Gasteiger partial charge in [0.2, 0.25) is 11.8 Å². The highest BCUT2D eigenvalue weighted by atomic mass is 19.1. The Balaban J connectivity index is 1.87. The van der Waals surface area contributed by atoms with Gasteiger partial charge in [0.15, 0.2) is 0 Å². The predicted molar refractivity (Wildman–Crippen MR) is 86.9 cm³/mol. The molecule has 1 aliphatic heterocycles. The molecule has 4 nitrogen and oxygen atoms in total. The van der Waals surface area contributed by atoms with Gasteiger partial charge in [-0.3, -0.25) is 9.59 Å². The Labute approximate surface area is 133 Å². The van der Waals surface area contributed by atoms with E-state index in [2.05, 4.69) is 10.6 Å². The molecule has 0 fully saturated rings. The van der Waals surface area contributed by atoms with Crippen LogP contribution >= 0.6 is 0 Å². The normalized spacial score (nSPS) is 16.5. The summed E-state index contributed by atoms with van der Waals surface area (Å²) >= 11 is 0. The van der Waals surface area contributed by atoms with E-state index in [1.807, 2.05) is 32.0 Å². The zero-order valence-electron chi connectivity index (χ0n) is 12.9. The largest absolute Gasteiger partial charge is 0.326 e. The molecular weight excluding hydrogens is 295 g/mol. The van der Waals surface area contributed by atoms with Gasteiger partial charge in [-0.1, -0.05) is 12.1 Å². The summed E-state index contributed by atoms with van der Waals surface area (Å²) in [6.07, 6.45) is 0.0509. The Morgan fingerprint density at radius 3 is 2.70 bits per heavy atom. The number of fused-ring (bicyclic) bond motifs is 1. The minimum Gasteiger partial charge on any atom is -0.326 e. The minimum atomic E-state index is -0.624. The minimum absolute atomic E-state index is 0.0509. The maximum Gasteiger partial charge on any atom is 0.232 e. The zero-order chi connectivity index (χ0) is 16.6. The summed E-state index contributed by atoms with van der Waals surface area (Å²) in [5.41, 5.74) is 3.90. The van der Waals surface area contributed by atoms with Crippen molar-refractivity contribution in [2.45, 2.75) is 26.2 Å². The SMILES string of the molecule is Cc1ccc(NC(=O)[C@H]2CC(=O)Nc3cc(F)ccc32)cc1C. The van der Waals surface area contributed by atoms with E-state index in [0.29, 0.717) is 16.9 Å². The van der Waals surface area contributed by atoms with E-state index in [1.54, 1.807) is 6.07 Å². The van der Waals surface area contributed by atoms with Gasteiger partial charge in [-0.25, -0.2) is 4.39 Å². The highest BCUT2D eigenvalue weighted by molar-refractivity contribution is 6.05. The predicted octanol–water partition coefficient (Wildman–Crippen LogP) is 3.51. The van der Waals surface area contributed by atoms with E-state index < -0.39 is 11.7 Å². The van der Waals surface area contributed by atoms with Crippen LogP contribution in [0.25, 0.3) is 0 Å². The van der Waals surface area contributed by atoms with Crippen molar-refractivity contribution in [1.29, 1.82) is 0 Å². The monoisotopic (exact) mass is 312 g/mol. The molecule has 5 heteroatoms. The maximum atomic E-state index is 13.3. The Bertz CT molecular complexity index is 802. The summed E-state index contributed by atoms with van der Waals surface area (Å²) in [7, 11) is 0. The Morgan fingerprint density at radius 1 is 1.17 bits per heavy atom. The first kappa shape index (κ1) is 15.2. The number of nitrogens with one attached hydrogen (secondary N) is 2. The quantitative estimate of drug-likeness (QED) is 0.891. The molecule has 1 heterocycles. The van der Waals surface area contributed by atoms with Crippen LogP contribution in [-0.4, -0.2) is 11.8 Å². The molecule has 2 aromatic rings. The van der Waals surface area contributed by atoms with Crippen LogP contribution < -0.4 is 10.6 Å². The fourth-order valence-electron chi connectivity index (χ4n) is 2.72. The summed E-state index contributed by atoms with van der Waals surface area (Å²) < 4.78 is 13.3. The summed E-state index contributed by atoms with van der Waals surface area (Å²) in [4.78, 5) is 24.4.